The Bertz CT molecular complexity index is 1330. The van der Waals surface area contributed by atoms with Crippen LogP contribution >= 0.6 is 11.3 Å². The number of benzene rings is 2. The molecule has 2 atom stereocenters. The molecule has 5 rings (SSSR count). The summed E-state index contributed by atoms with van der Waals surface area (Å²) in [5.41, 5.74) is 2.78. The van der Waals surface area contributed by atoms with Gasteiger partial charge in [-0.2, -0.15) is 0 Å². The number of sulfonamides is 1. The lowest BCUT2D eigenvalue weighted by Gasteiger charge is -2.33. The number of thiazole rings is 1. The van der Waals surface area contributed by atoms with Crippen molar-refractivity contribution in [2.75, 3.05) is 36.8 Å². The van der Waals surface area contributed by atoms with Crippen molar-refractivity contribution in [2.24, 2.45) is 5.92 Å². The number of aromatic nitrogens is 1. The molecule has 2 aromatic carbocycles. The molecule has 2 aliphatic rings. The van der Waals surface area contributed by atoms with Crippen molar-refractivity contribution in [3.63, 3.8) is 0 Å². The van der Waals surface area contributed by atoms with Gasteiger partial charge in [-0.1, -0.05) is 19.1 Å². The van der Waals surface area contributed by atoms with Crippen LogP contribution in [-0.4, -0.2) is 50.6 Å². The van der Waals surface area contributed by atoms with Gasteiger partial charge in [0.25, 0.3) is 10.0 Å². The molecule has 2 saturated heterocycles. The van der Waals surface area contributed by atoms with Crippen molar-refractivity contribution < 1.29 is 17.5 Å². The second-order valence-electron chi connectivity index (χ2n) is 9.99. The maximum absolute atomic E-state index is 15.1. The van der Waals surface area contributed by atoms with E-state index in [1.54, 1.807) is 12.5 Å². The molecule has 3 heterocycles. The van der Waals surface area contributed by atoms with E-state index in [-0.39, 0.29) is 15.6 Å². The molecule has 1 aromatic heterocycles. The van der Waals surface area contributed by atoms with Gasteiger partial charge in [0.2, 0.25) is 0 Å². The van der Waals surface area contributed by atoms with Crippen LogP contribution in [0.15, 0.2) is 52.9 Å². The minimum absolute atomic E-state index is 0.0375. The van der Waals surface area contributed by atoms with E-state index in [4.69, 9.17) is 4.74 Å². The van der Waals surface area contributed by atoms with Gasteiger partial charge in [-0.15, -0.1) is 11.3 Å². The van der Waals surface area contributed by atoms with E-state index in [2.05, 4.69) is 32.1 Å². The van der Waals surface area contributed by atoms with Crippen molar-refractivity contribution >= 4 is 32.2 Å². The molecule has 2 fully saturated rings. The van der Waals surface area contributed by atoms with Crippen LogP contribution in [0.3, 0.4) is 0 Å². The highest BCUT2D eigenvalue weighted by Crippen LogP contribution is 2.43. The van der Waals surface area contributed by atoms with E-state index in [0.29, 0.717) is 24.6 Å². The highest BCUT2D eigenvalue weighted by Gasteiger charge is 2.48. The van der Waals surface area contributed by atoms with Crippen molar-refractivity contribution in [1.82, 2.24) is 9.88 Å². The second kappa shape index (κ2) is 10.6. The Morgan fingerprint density at radius 3 is 2.78 bits per heavy atom. The van der Waals surface area contributed by atoms with Crippen LogP contribution in [0.25, 0.3) is 0 Å². The Kier molecular flexibility index (Phi) is 7.42. The van der Waals surface area contributed by atoms with Gasteiger partial charge in [-0.3, -0.25) is 9.62 Å². The van der Waals surface area contributed by atoms with Crippen LogP contribution in [-0.2, 0) is 22.9 Å². The van der Waals surface area contributed by atoms with E-state index < -0.39 is 15.8 Å². The van der Waals surface area contributed by atoms with E-state index in [9.17, 15) is 8.42 Å². The molecule has 0 bridgehead atoms. The normalized spacial score (nSPS) is 21.6. The van der Waals surface area contributed by atoms with Crippen LogP contribution in [0, 0.1) is 11.7 Å². The molecule has 0 amide bonds. The molecule has 7 nitrogen and oxygen atoms in total. The van der Waals surface area contributed by atoms with Crippen LogP contribution in [0.1, 0.15) is 37.3 Å². The Balaban J connectivity index is 1.30. The van der Waals surface area contributed by atoms with Gasteiger partial charge in [-0.25, -0.2) is 17.8 Å². The molecule has 0 saturated carbocycles. The fourth-order valence-corrected chi connectivity index (χ4v) is 7.79. The topological polar surface area (TPSA) is 83.6 Å². The van der Waals surface area contributed by atoms with Crippen LogP contribution in [0.2, 0.25) is 0 Å². The van der Waals surface area contributed by atoms with Crippen LogP contribution in [0.5, 0.6) is 5.75 Å². The lowest BCUT2D eigenvalue weighted by molar-refractivity contribution is 0.209. The molecule has 0 unspecified atom stereocenters. The molecule has 0 radical (unpaired) electrons. The molecule has 10 heteroatoms. The van der Waals surface area contributed by atoms with Gasteiger partial charge in [0, 0.05) is 35.9 Å². The summed E-state index contributed by atoms with van der Waals surface area (Å²) in [6.45, 7) is 4.80. The molecule has 0 spiro atoms. The fourth-order valence-electron chi connectivity index (χ4n) is 5.89. The number of rotatable bonds is 10. The molecule has 37 heavy (non-hydrogen) atoms. The van der Waals surface area contributed by atoms with Crippen molar-refractivity contribution in [2.45, 2.75) is 49.5 Å². The number of halogens is 1. The summed E-state index contributed by atoms with van der Waals surface area (Å²) in [6.07, 6.45) is 6.45. The monoisotopic (exact) mass is 544 g/mol. The first-order valence-electron chi connectivity index (χ1n) is 12.7. The number of nitrogens with one attached hydrogen (secondary N) is 2. The van der Waals surface area contributed by atoms with E-state index in [0.717, 1.165) is 61.4 Å². The summed E-state index contributed by atoms with van der Waals surface area (Å²) < 4.78 is 48.4. The number of ether oxygens (including phenoxy) is 1. The first-order chi connectivity index (χ1) is 17.8. The summed E-state index contributed by atoms with van der Waals surface area (Å²) in [5, 5.41) is 5.38. The van der Waals surface area contributed by atoms with E-state index >= 15 is 4.39 Å². The SMILES string of the molecule is CCc1cc(S(=O)(=O)Nc2nccs2)c(F)cc1NC[C@@]12CCCN1C[C@@H](Cc1ccc(OC)cc1)C2. The minimum Gasteiger partial charge on any atom is -0.497 e. The standard InChI is InChI=1S/C27H33FN4O3S2/c1-3-21-14-25(37(33,34)31-26-29-10-12-36-26)23(28)15-24(21)30-18-27-9-4-11-32(27)17-20(16-27)13-19-5-7-22(35-2)8-6-19/h5-8,10,12,14-15,20,30H,3-4,9,11,13,16-18H2,1-2H3,(H,29,31)/t20-,27-/m0/s1. The van der Waals surface area contributed by atoms with Gasteiger partial charge in [-0.05, 0) is 80.0 Å². The Morgan fingerprint density at radius 1 is 1.27 bits per heavy atom. The third-order valence-corrected chi connectivity index (χ3v) is 9.83. The highest BCUT2D eigenvalue weighted by atomic mass is 32.2. The van der Waals surface area contributed by atoms with E-state index in [1.165, 1.54) is 23.9 Å². The van der Waals surface area contributed by atoms with Crippen molar-refractivity contribution in [3.8, 4) is 5.75 Å². The lowest BCUT2D eigenvalue weighted by Crippen LogP contribution is -2.44. The first-order valence-corrected chi connectivity index (χ1v) is 15.0. The van der Waals surface area contributed by atoms with E-state index in [1.807, 2.05) is 19.1 Å². The molecule has 3 aromatic rings. The predicted molar refractivity (Wildman–Crippen MR) is 146 cm³/mol. The zero-order chi connectivity index (χ0) is 26.0. The summed E-state index contributed by atoms with van der Waals surface area (Å²) >= 11 is 1.15. The minimum atomic E-state index is -4.07. The average molecular weight is 545 g/mol. The Hall–Kier alpha value is -2.69. The van der Waals surface area contributed by atoms with Gasteiger partial charge >= 0.3 is 0 Å². The number of methoxy groups -OCH3 is 1. The van der Waals surface area contributed by atoms with Crippen molar-refractivity contribution in [3.05, 3.63) is 64.9 Å². The quantitative estimate of drug-likeness (QED) is 0.367. The predicted octanol–water partition coefficient (Wildman–Crippen LogP) is 5.16. The average Bonchev–Trinajstić information content (AvgIpc) is 3.59. The molecule has 2 aliphatic heterocycles. The summed E-state index contributed by atoms with van der Waals surface area (Å²) in [4.78, 5) is 6.18. The zero-order valence-corrected chi connectivity index (χ0v) is 22.8. The Morgan fingerprint density at radius 2 is 2.08 bits per heavy atom. The summed E-state index contributed by atoms with van der Waals surface area (Å²) in [6, 6.07) is 11.1. The van der Waals surface area contributed by atoms with Gasteiger partial charge in [0.15, 0.2) is 5.13 Å². The third-order valence-electron chi connectivity index (χ3n) is 7.66. The Labute approximate surface area is 222 Å². The highest BCUT2D eigenvalue weighted by molar-refractivity contribution is 7.93. The molecule has 2 N–H and O–H groups in total. The van der Waals surface area contributed by atoms with Gasteiger partial charge in [0.1, 0.15) is 16.5 Å². The maximum atomic E-state index is 15.1. The van der Waals surface area contributed by atoms with Crippen LogP contribution in [0.4, 0.5) is 15.2 Å². The van der Waals surface area contributed by atoms with Crippen molar-refractivity contribution in [1.29, 1.82) is 0 Å². The van der Waals surface area contributed by atoms with Crippen LogP contribution < -0.4 is 14.8 Å². The smallest absolute Gasteiger partial charge is 0.266 e. The first kappa shape index (κ1) is 25.9. The fraction of sp³-hybridized carbons (Fsp3) is 0.444. The number of hydrogen-bond acceptors (Lipinski definition) is 7. The number of hydrogen-bond donors (Lipinski definition) is 2. The van der Waals surface area contributed by atoms with Gasteiger partial charge < -0.3 is 10.1 Å². The number of fused-ring (bicyclic) bond motifs is 1. The largest absolute Gasteiger partial charge is 0.497 e. The molecule has 198 valence electrons. The lowest BCUT2D eigenvalue weighted by atomic mass is 9.87. The second-order valence-corrected chi connectivity index (χ2v) is 12.5. The number of nitrogens with zero attached hydrogens (tertiary/aromatic N) is 2. The third kappa shape index (κ3) is 5.46. The summed E-state index contributed by atoms with van der Waals surface area (Å²) in [5.74, 6) is 0.656. The maximum Gasteiger partial charge on any atom is 0.266 e. The number of anilines is 2. The molecular formula is C27H33FN4O3S2. The molecular weight excluding hydrogens is 511 g/mol. The number of aryl methyl sites for hydroxylation is 1. The summed E-state index contributed by atoms with van der Waals surface area (Å²) in [7, 11) is -2.39. The van der Waals surface area contributed by atoms with Gasteiger partial charge in [0.05, 0.1) is 7.11 Å². The molecule has 0 aliphatic carbocycles. The zero-order valence-electron chi connectivity index (χ0n) is 21.2.